The summed E-state index contributed by atoms with van der Waals surface area (Å²) in [4.78, 5) is 0. The number of nitriles is 1. The molecule has 1 aromatic rings. The molecule has 0 aliphatic carbocycles. The maximum Gasteiger partial charge on any atom is 0.203 e. The van der Waals surface area contributed by atoms with E-state index >= 15 is 0 Å². The van der Waals surface area contributed by atoms with Crippen LogP contribution in [0.25, 0.3) is 0 Å². The Morgan fingerprint density at radius 2 is 1.68 bits per heavy atom. The molecule has 1 rings (SSSR count). The van der Waals surface area contributed by atoms with E-state index in [-0.39, 0.29) is 0 Å². The minimum atomic E-state index is 0.583. The van der Waals surface area contributed by atoms with E-state index in [2.05, 4.69) is 11.4 Å². The van der Waals surface area contributed by atoms with E-state index in [4.69, 9.17) is 19.5 Å². The third-order valence-electron chi connectivity index (χ3n) is 2.71. The molecule has 5 heteroatoms. The van der Waals surface area contributed by atoms with E-state index in [1.165, 1.54) is 0 Å². The Labute approximate surface area is 114 Å². The van der Waals surface area contributed by atoms with Crippen molar-refractivity contribution >= 4 is 5.69 Å². The van der Waals surface area contributed by atoms with Crippen LogP contribution in [0.3, 0.4) is 0 Å². The van der Waals surface area contributed by atoms with Crippen molar-refractivity contribution in [3.05, 3.63) is 12.1 Å². The SMILES string of the molecule is COc1cc(NCCCCC#N)cc(OC)c1OC. The van der Waals surface area contributed by atoms with Gasteiger partial charge in [0, 0.05) is 30.8 Å². The fourth-order valence-corrected chi connectivity index (χ4v) is 1.74. The van der Waals surface area contributed by atoms with Crippen LogP contribution in [0.15, 0.2) is 12.1 Å². The highest BCUT2D eigenvalue weighted by Gasteiger charge is 2.12. The van der Waals surface area contributed by atoms with E-state index < -0.39 is 0 Å². The average Bonchev–Trinajstić information content (AvgIpc) is 2.45. The molecule has 5 nitrogen and oxygen atoms in total. The highest BCUT2D eigenvalue weighted by atomic mass is 16.5. The molecule has 0 bridgehead atoms. The molecule has 1 aromatic carbocycles. The molecule has 0 amide bonds. The van der Waals surface area contributed by atoms with Crippen LogP contribution in [0.5, 0.6) is 17.2 Å². The number of anilines is 1. The number of unbranched alkanes of at least 4 members (excludes halogenated alkanes) is 2. The Kier molecular flexibility index (Phi) is 6.37. The van der Waals surface area contributed by atoms with Crippen LogP contribution in [-0.2, 0) is 0 Å². The third kappa shape index (κ3) is 4.25. The van der Waals surface area contributed by atoms with Crippen molar-refractivity contribution in [3.63, 3.8) is 0 Å². The molecule has 0 aliphatic rings. The number of hydrogen-bond donors (Lipinski definition) is 1. The topological polar surface area (TPSA) is 63.5 Å². The summed E-state index contributed by atoms with van der Waals surface area (Å²) < 4.78 is 15.8. The van der Waals surface area contributed by atoms with E-state index in [0.29, 0.717) is 23.7 Å². The summed E-state index contributed by atoms with van der Waals surface area (Å²) in [5.74, 6) is 1.84. The van der Waals surface area contributed by atoms with Gasteiger partial charge in [0.1, 0.15) is 0 Å². The lowest BCUT2D eigenvalue weighted by atomic mass is 10.2. The van der Waals surface area contributed by atoms with Gasteiger partial charge in [0.15, 0.2) is 11.5 Å². The molecule has 0 aromatic heterocycles. The zero-order chi connectivity index (χ0) is 14.1. The van der Waals surface area contributed by atoms with Gasteiger partial charge in [-0.3, -0.25) is 0 Å². The van der Waals surface area contributed by atoms with Crippen molar-refractivity contribution in [2.45, 2.75) is 19.3 Å². The molecule has 0 radical (unpaired) electrons. The van der Waals surface area contributed by atoms with Gasteiger partial charge in [-0.05, 0) is 12.8 Å². The van der Waals surface area contributed by atoms with Crippen LogP contribution >= 0.6 is 0 Å². The van der Waals surface area contributed by atoms with Crippen LogP contribution in [0.2, 0.25) is 0 Å². The van der Waals surface area contributed by atoms with Crippen molar-refractivity contribution in [2.24, 2.45) is 0 Å². The molecular formula is C14H20N2O3. The van der Waals surface area contributed by atoms with Crippen LogP contribution in [-0.4, -0.2) is 27.9 Å². The summed E-state index contributed by atoms with van der Waals surface area (Å²) in [6, 6.07) is 5.87. The summed E-state index contributed by atoms with van der Waals surface area (Å²) >= 11 is 0. The van der Waals surface area contributed by atoms with Crippen molar-refractivity contribution in [1.29, 1.82) is 5.26 Å². The number of hydrogen-bond acceptors (Lipinski definition) is 5. The first-order chi connectivity index (χ1) is 9.26. The predicted molar refractivity (Wildman–Crippen MR) is 74.1 cm³/mol. The lowest BCUT2D eigenvalue weighted by molar-refractivity contribution is 0.324. The fraction of sp³-hybridized carbons (Fsp3) is 0.500. The first kappa shape index (κ1) is 15.0. The number of rotatable bonds is 8. The van der Waals surface area contributed by atoms with Gasteiger partial charge in [0.25, 0.3) is 0 Å². The summed E-state index contributed by atoms with van der Waals surface area (Å²) in [5.41, 5.74) is 0.909. The molecular weight excluding hydrogens is 244 g/mol. The van der Waals surface area contributed by atoms with Gasteiger partial charge < -0.3 is 19.5 Å². The summed E-state index contributed by atoms with van der Waals surface area (Å²) in [7, 11) is 4.76. The first-order valence-corrected chi connectivity index (χ1v) is 6.17. The van der Waals surface area contributed by atoms with Gasteiger partial charge in [0.2, 0.25) is 5.75 Å². The number of nitrogens with one attached hydrogen (secondary N) is 1. The van der Waals surface area contributed by atoms with Crippen LogP contribution in [0, 0.1) is 11.3 Å². The fourth-order valence-electron chi connectivity index (χ4n) is 1.74. The maximum absolute atomic E-state index is 8.46. The zero-order valence-electron chi connectivity index (χ0n) is 11.7. The standard InChI is InChI=1S/C14H20N2O3/c1-17-12-9-11(16-8-6-4-5-7-15)10-13(18-2)14(12)19-3/h9-10,16H,4-6,8H2,1-3H3. The molecule has 0 fully saturated rings. The third-order valence-corrected chi connectivity index (χ3v) is 2.71. The van der Waals surface area contributed by atoms with E-state index in [9.17, 15) is 0 Å². The van der Waals surface area contributed by atoms with Crippen molar-refractivity contribution in [1.82, 2.24) is 0 Å². The Bertz CT molecular complexity index is 416. The summed E-state index contributed by atoms with van der Waals surface area (Å²) in [6.45, 7) is 0.806. The van der Waals surface area contributed by atoms with Gasteiger partial charge in [0.05, 0.1) is 27.4 Å². The van der Waals surface area contributed by atoms with Crippen molar-refractivity contribution < 1.29 is 14.2 Å². The molecule has 0 unspecified atom stereocenters. The predicted octanol–water partition coefficient (Wildman–Crippen LogP) is 2.82. The van der Waals surface area contributed by atoms with Crippen LogP contribution in [0.1, 0.15) is 19.3 Å². The van der Waals surface area contributed by atoms with E-state index in [0.717, 1.165) is 25.1 Å². The number of nitrogens with zero attached hydrogens (tertiary/aromatic N) is 1. The second-order valence-corrected chi connectivity index (χ2v) is 3.96. The van der Waals surface area contributed by atoms with E-state index in [1.54, 1.807) is 21.3 Å². The maximum atomic E-state index is 8.46. The molecule has 1 N–H and O–H groups in total. The Morgan fingerprint density at radius 1 is 1.05 bits per heavy atom. The number of methoxy groups -OCH3 is 3. The van der Waals surface area contributed by atoms with Gasteiger partial charge >= 0.3 is 0 Å². The highest BCUT2D eigenvalue weighted by molar-refractivity contribution is 5.62. The molecule has 104 valence electrons. The normalized spacial score (nSPS) is 9.58. The molecule has 19 heavy (non-hydrogen) atoms. The van der Waals surface area contributed by atoms with E-state index in [1.807, 2.05) is 12.1 Å². The molecule has 0 saturated heterocycles. The van der Waals surface area contributed by atoms with Gasteiger partial charge in [-0.1, -0.05) is 0 Å². The van der Waals surface area contributed by atoms with Crippen LogP contribution in [0.4, 0.5) is 5.69 Å². The number of ether oxygens (including phenoxy) is 3. The minimum Gasteiger partial charge on any atom is -0.493 e. The molecule has 0 heterocycles. The molecule has 0 atom stereocenters. The molecule has 0 saturated carbocycles. The van der Waals surface area contributed by atoms with Crippen LogP contribution < -0.4 is 19.5 Å². The average molecular weight is 264 g/mol. The lowest BCUT2D eigenvalue weighted by Gasteiger charge is -2.15. The second-order valence-electron chi connectivity index (χ2n) is 3.96. The largest absolute Gasteiger partial charge is 0.493 e. The molecule has 0 spiro atoms. The highest BCUT2D eigenvalue weighted by Crippen LogP contribution is 2.39. The molecule has 0 aliphatic heterocycles. The minimum absolute atomic E-state index is 0.583. The summed E-state index contributed by atoms with van der Waals surface area (Å²) in [5, 5.41) is 11.7. The lowest BCUT2D eigenvalue weighted by Crippen LogP contribution is -2.03. The quantitative estimate of drug-likeness (QED) is 0.731. The monoisotopic (exact) mass is 264 g/mol. The smallest absolute Gasteiger partial charge is 0.203 e. The Hall–Kier alpha value is -2.09. The van der Waals surface area contributed by atoms with Crippen molar-refractivity contribution in [2.75, 3.05) is 33.2 Å². The van der Waals surface area contributed by atoms with Crippen molar-refractivity contribution in [3.8, 4) is 23.3 Å². The first-order valence-electron chi connectivity index (χ1n) is 6.17. The zero-order valence-corrected chi connectivity index (χ0v) is 11.7. The van der Waals surface area contributed by atoms with Gasteiger partial charge in [-0.2, -0.15) is 5.26 Å². The number of benzene rings is 1. The Morgan fingerprint density at radius 3 is 2.16 bits per heavy atom. The Balaban J connectivity index is 2.71. The second kappa shape index (κ2) is 8.09. The summed E-state index contributed by atoms with van der Waals surface area (Å²) in [6.07, 6.45) is 2.44. The van der Waals surface area contributed by atoms with Gasteiger partial charge in [-0.15, -0.1) is 0 Å². The van der Waals surface area contributed by atoms with Gasteiger partial charge in [-0.25, -0.2) is 0 Å².